The summed E-state index contributed by atoms with van der Waals surface area (Å²) in [5, 5.41) is 10.6. The average molecular weight is 245 g/mol. The number of nitrogens with one attached hydrogen (secondary N) is 1. The summed E-state index contributed by atoms with van der Waals surface area (Å²) < 4.78 is 1.67. The maximum Gasteiger partial charge on any atom is 0.253 e. The number of para-hydroxylation sites is 1. The molecule has 1 aromatic heterocycles. The van der Waals surface area contributed by atoms with Crippen LogP contribution in [-0.4, -0.2) is 20.9 Å². The molecule has 1 heterocycles. The number of benzene rings is 1. The molecular weight excluding hydrogens is 230 g/mol. The van der Waals surface area contributed by atoms with Gasteiger partial charge in [0.05, 0.1) is 17.8 Å². The number of anilines is 1. The van der Waals surface area contributed by atoms with E-state index in [0.29, 0.717) is 17.8 Å². The van der Waals surface area contributed by atoms with E-state index in [1.165, 1.54) is 0 Å². The zero-order valence-electron chi connectivity index (χ0n) is 10.3. The number of nitrogens with zero attached hydrogens (tertiary/aromatic N) is 3. The lowest BCUT2D eigenvalue weighted by molar-refractivity contribution is 0.0951. The van der Waals surface area contributed by atoms with Crippen LogP contribution in [0.4, 0.5) is 5.69 Å². The largest absolute Gasteiger partial charge is 0.398 e. The fourth-order valence-electron chi connectivity index (χ4n) is 1.57. The molecule has 3 N–H and O–H groups in total. The molecule has 0 spiro atoms. The minimum absolute atomic E-state index is 0.210. The first-order valence-corrected chi connectivity index (χ1v) is 5.57. The van der Waals surface area contributed by atoms with E-state index in [2.05, 4.69) is 15.6 Å². The molecule has 2 rings (SSSR count). The number of rotatable bonds is 3. The SMILES string of the molecule is Cc1c(CNC(=O)c2ccccc2N)nnn1C. The fourth-order valence-corrected chi connectivity index (χ4v) is 1.57. The van der Waals surface area contributed by atoms with Crippen molar-refractivity contribution in [3.63, 3.8) is 0 Å². The van der Waals surface area contributed by atoms with Gasteiger partial charge in [0.15, 0.2) is 0 Å². The lowest BCUT2D eigenvalue weighted by atomic mass is 10.1. The monoisotopic (exact) mass is 245 g/mol. The minimum Gasteiger partial charge on any atom is -0.398 e. The molecule has 0 bridgehead atoms. The summed E-state index contributed by atoms with van der Waals surface area (Å²) in [6.07, 6.45) is 0. The number of nitrogens with two attached hydrogens (primary N) is 1. The van der Waals surface area contributed by atoms with Gasteiger partial charge in [0, 0.05) is 12.7 Å². The van der Waals surface area contributed by atoms with E-state index in [9.17, 15) is 4.79 Å². The molecule has 6 heteroatoms. The Balaban J connectivity index is 2.05. The molecule has 0 saturated heterocycles. The van der Waals surface area contributed by atoms with Gasteiger partial charge in [0.2, 0.25) is 0 Å². The molecule has 0 aliphatic heterocycles. The predicted molar refractivity (Wildman–Crippen MR) is 67.8 cm³/mol. The van der Waals surface area contributed by atoms with Gasteiger partial charge in [0.25, 0.3) is 5.91 Å². The van der Waals surface area contributed by atoms with Crippen molar-refractivity contribution in [2.45, 2.75) is 13.5 Å². The van der Waals surface area contributed by atoms with Crippen LogP contribution in [0, 0.1) is 6.92 Å². The summed E-state index contributed by atoms with van der Waals surface area (Å²) in [5.41, 5.74) is 8.34. The van der Waals surface area contributed by atoms with Crippen LogP contribution >= 0.6 is 0 Å². The summed E-state index contributed by atoms with van der Waals surface area (Å²) in [7, 11) is 1.81. The highest BCUT2D eigenvalue weighted by Gasteiger charge is 2.11. The first-order valence-electron chi connectivity index (χ1n) is 5.57. The summed E-state index contributed by atoms with van der Waals surface area (Å²) >= 11 is 0. The van der Waals surface area contributed by atoms with E-state index in [0.717, 1.165) is 11.4 Å². The topological polar surface area (TPSA) is 85.8 Å². The van der Waals surface area contributed by atoms with E-state index in [1.54, 1.807) is 28.9 Å². The molecule has 0 fully saturated rings. The third kappa shape index (κ3) is 2.32. The van der Waals surface area contributed by atoms with Crippen molar-refractivity contribution in [3.8, 4) is 0 Å². The second-order valence-corrected chi connectivity index (χ2v) is 4.02. The van der Waals surface area contributed by atoms with Crippen LogP contribution in [0.3, 0.4) is 0 Å². The smallest absolute Gasteiger partial charge is 0.253 e. The molecule has 1 aromatic carbocycles. The second-order valence-electron chi connectivity index (χ2n) is 4.02. The van der Waals surface area contributed by atoms with Crippen molar-refractivity contribution >= 4 is 11.6 Å². The standard InChI is InChI=1S/C12H15N5O/c1-8-11(15-16-17(8)2)7-14-12(18)9-5-3-4-6-10(9)13/h3-6H,7,13H2,1-2H3,(H,14,18). The highest BCUT2D eigenvalue weighted by Crippen LogP contribution is 2.10. The Morgan fingerprint density at radius 3 is 2.78 bits per heavy atom. The first-order chi connectivity index (χ1) is 8.59. The average Bonchev–Trinajstić information content (AvgIpc) is 2.68. The molecule has 6 nitrogen and oxygen atoms in total. The molecule has 18 heavy (non-hydrogen) atoms. The zero-order chi connectivity index (χ0) is 13.1. The van der Waals surface area contributed by atoms with E-state index < -0.39 is 0 Å². The van der Waals surface area contributed by atoms with Gasteiger partial charge in [-0.05, 0) is 19.1 Å². The van der Waals surface area contributed by atoms with Crippen LogP contribution in [0.5, 0.6) is 0 Å². The Hall–Kier alpha value is -2.37. The molecule has 0 aliphatic rings. The number of hydrogen-bond donors (Lipinski definition) is 2. The summed E-state index contributed by atoms with van der Waals surface area (Å²) in [6, 6.07) is 6.95. The second kappa shape index (κ2) is 4.87. The van der Waals surface area contributed by atoms with Gasteiger partial charge in [-0.3, -0.25) is 9.48 Å². The number of carbonyl (C=O) groups excluding carboxylic acids is 1. The molecule has 0 radical (unpaired) electrons. The third-order valence-corrected chi connectivity index (χ3v) is 2.82. The number of nitrogen functional groups attached to an aromatic ring is 1. The van der Waals surface area contributed by atoms with Crippen LogP contribution in [0.1, 0.15) is 21.7 Å². The number of amides is 1. The maximum atomic E-state index is 11.9. The van der Waals surface area contributed by atoms with Gasteiger partial charge in [-0.2, -0.15) is 0 Å². The molecular formula is C12H15N5O. The zero-order valence-corrected chi connectivity index (χ0v) is 10.3. The maximum absolute atomic E-state index is 11.9. The first kappa shape index (κ1) is 12.1. The lowest BCUT2D eigenvalue weighted by Crippen LogP contribution is -2.24. The molecule has 94 valence electrons. The summed E-state index contributed by atoms with van der Waals surface area (Å²) in [6.45, 7) is 2.24. The minimum atomic E-state index is -0.210. The van der Waals surface area contributed by atoms with Gasteiger partial charge in [-0.1, -0.05) is 17.3 Å². The Labute approximate surface area is 105 Å². The molecule has 1 amide bonds. The van der Waals surface area contributed by atoms with Gasteiger partial charge in [-0.15, -0.1) is 5.10 Å². The van der Waals surface area contributed by atoms with E-state index in [4.69, 9.17) is 5.73 Å². The normalized spacial score (nSPS) is 10.3. The highest BCUT2D eigenvalue weighted by atomic mass is 16.1. The molecule has 2 aromatic rings. The van der Waals surface area contributed by atoms with E-state index in [-0.39, 0.29) is 5.91 Å². The van der Waals surface area contributed by atoms with E-state index in [1.807, 2.05) is 14.0 Å². The van der Waals surface area contributed by atoms with Crippen LogP contribution in [0.15, 0.2) is 24.3 Å². The van der Waals surface area contributed by atoms with Crippen molar-refractivity contribution in [1.82, 2.24) is 20.3 Å². The molecule has 0 saturated carbocycles. The van der Waals surface area contributed by atoms with Crippen LogP contribution in [0.25, 0.3) is 0 Å². The van der Waals surface area contributed by atoms with Crippen LogP contribution in [0.2, 0.25) is 0 Å². The summed E-state index contributed by atoms with van der Waals surface area (Å²) in [4.78, 5) is 11.9. The van der Waals surface area contributed by atoms with E-state index >= 15 is 0 Å². The van der Waals surface area contributed by atoms with Gasteiger partial charge >= 0.3 is 0 Å². The number of aromatic nitrogens is 3. The fraction of sp³-hybridized carbons (Fsp3) is 0.250. The Morgan fingerprint density at radius 1 is 1.44 bits per heavy atom. The third-order valence-electron chi connectivity index (χ3n) is 2.82. The number of hydrogen-bond acceptors (Lipinski definition) is 4. The Bertz CT molecular complexity index is 576. The lowest BCUT2D eigenvalue weighted by Gasteiger charge is -2.06. The van der Waals surface area contributed by atoms with Crippen molar-refractivity contribution < 1.29 is 4.79 Å². The molecule has 0 atom stereocenters. The molecule has 0 aliphatic carbocycles. The highest BCUT2D eigenvalue weighted by molar-refractivity contribution is 5.98. The van der Waals surface area contributed by atoms with Crippen LogP contribution in [-0.2, 0) is 13.6 Å². The number of carbonyl (C=O) groups is 1. The quantitative estimate of drug-likeness (QED) is 0.777. The van der Waals surface area contributed by atoms with Gasteiger partial charge in [-0.25, -0.2) is 0 Å². The van der Waals surface area contributed by atoms with Gasteiger partial charge < -0.3 is 11.1 Å². The van der Waals surface area contributed by atoms with Gasteiger partial charge in [0.1, 0.15) is 5.69 Å². The van der Waals surface area contributed by atoms with Crippen molar-refractivity contribution in [2.75, 3.05) is 5.73 Å². The van der Waals surface area contributed by atoms with Crippen LogP contribution < -0.4 is 11.1 Å². The Morgan fingerprint density at radius 2 is 2.17 bits per heavy atom. The molecule has 0 unspecified atom stereocenters. The summed E-state index contributed by atoms with van der Waals surface area (Å²) in [5.74, 6) is -0.210. The van der Waals surface area contributed by atoms with Crippen molar-refractivity contribution in [2.24, 2.45) is 7.05 Å². The van der Waals surface area contributed by atoms with Crippen molar-refractivity contribution in [1.29, 1.82) is 0 Å². The Kier molecular flexibility index (Phi) is 3.27. The predicted octanol–water partition coefficient (Wildman–Crippen LogP) is 0.636. The van der Waals surface area contributed by atoms with Crippen molar-refractivity contribution in [3.05, 3.63) is 41.2 Å². The number of aryl methyl sites for hydroxylation is 1.